The molecule has 0 spiro atoms. The average molecular weight is 474 g/mol. The number of likely N-dealkylation sites (tertiary alicyclic amines) is 1. The van der Waals surface area contributed by atoms with Crippen molar-refractivity contribution in [2.75, 3.05) is 39.4 Å². The van der Waals surface area contributed by atoms with Gasteiger partial charge in [0.15, 0.2) is 0 Å². The van der Waals surface area contributed by atoms with Gasteiger partial charge in [-0.05, 0) is 31.2 Å². The lowest BCUT2D eigenvalue weighted by atomic mass is 9.98. The molecule has 2 saturated heterocycles. The molecule has 4 heterocycles. The second kappa shape index (κ2) is 9.81. The fourth-order valence-electron chi connectivity index (χ4n) is 4.65. The summed E-state index contributed by atoms with van der Waals surface area (Å²) in [6.07, 6.45) is 3.14. The molecule has 2 fully saturated rings. The zero-order valence-electron chi connectivity index (χ0n) is 19.5. The third kappa shape index (κ3) is 4.36. The van der Waals surface area contributed by atoms with E-state index in [1.165, 1.54) is 11.1 Å². The van der Waals surface area contributed by atoms with E-state index in [0.29, 0.717) is 43.3 Å². The first-order valence-corrected chi connectivity index (χ1v) is 11.7. The summed E-state index contributed by atoms with van der Waals surface area (Å²) in [6, 6.07) is 14.1. The molecule has 180 valence electrons. The van der Waals surface area contributed by atoms with Crippen molar-refractivity contribution in [2.45, 2.75) is 13.0 Å². The molecule has 2 aliphatic heterocycles. The van der Waals surface area contributed by atoms with Gasteiger partial charge in [0.05, 0.1) is 47.6 Å². The zero-order chi connectivity index (χ0) is 24.4. The number of aliphatic hydroxyl groups excluding tert-OH is 1. The maximum atomic E-state index is 13.3. The van der Waals surface area contributed by atoms with Crippen LogP contribution >= 0.6 is 0 Å². The van der Waals surface area contributed by atoms with Gasteiger partial charge < -0.3 is 14.7 Å². The molecule has 1 N–H and O–H groups in total. The number of aliphatic hydroxyl groups is 1. The predicted octanol–water partition coefficient (Wildman–Crippen LogP) is 2.33. The summed E-state index contributed by atoms with van der Waals surface area (Å²) in [5.41, 5.74) is 2.46. The van der Waals surface area contributed by atoms with Crippen LogP contribution in [-0.4, -0.2) is 80.8 Å². The first kappa shape index (κ1) is 22.9. The largest absolute Gasteiger partial charge is 0.507 e. The van der Waals surface area contributed by atoms with Crippen molar-refractivity contribution in [3.8, 4) is 5.69 Å². The molecule has 1 atom stereocenters. The van der Waals surface area contributed by atoms with E-state index in [9.17, 15) is 14.7 Å². The first-order chi connectivity index (χ1) is 17.1. The number of amides is 1. The lowest BCUT2D eigenvalue weighted by Crippen LogP contribution is -2.42. The number of ether oxygens (including phenoxy) is 1. The number of hydrogen-bond donors (Lipinski definition) is 1. The molecule has 5 rings (SSSR count). The van der Waals surface area contributed by atoms with E-state index in [1.807, 2.05) is 43.3 Å². The number of pyridine rings is 1. The third-order valence-corrected chi connectivity index (χ3v) is 6.53. The van der Waals surface area contributed by atoms with Crippen molar-refractivity contribution in [1.82, 2.24) is 24.6 Å². The maximum absolute atomic E-state index is 13.3. The van der Waals surface area contributed by atoms with Gasteiger partial charge in [-0.25, -0.2) is 4.68 Å². The fraction of sp³-hybridized carbons (Fsp3) is 0.308. The van der Waals surface area contributed by atoms with Crippen molar-refractivity contribution in [1.29, 1.82) is 0 Å². The number of hydrogen-bond acceptors (Lipinski definition) is 7. The van der Waals surface area contributed by atoms with Crippen molar-refractivity contribution < 1.29 is 19.4 Å². The van der Waals surface area contributed by atoms with E-state index in [-0.39, 0.29) is 11.3 Å². The van der Waals surface area contributed by atoms with Crippen LogP contribution in [-0.2, 0) is 14.3 Å². The smallest absolute Gasteiger partial charge is 0.295 e. The maximum Gasteiger partial charge on any atom is 0.295 e. The van der Waals surface area contributed by atoms with Crippen LogP contribution in [0.3, 0.4) is 0 Å². The number of ketones is 1. The molecule has 9 heteroatoms. The van der Waals surface area contributed by atoms with Crippen molar-refractivity contribution in [3.05, 3.63) is 83.4 Å². The number of morpholine rings is 1. The molecule has 2 aromatic heterocycles. The Morgan fingerprint density at radius 1 is 1.06 bits per heavy atom. The van der Waals surface area contributed by atoms with E-state index in [4.69, 9.17) is 4.74 Å². The number of benzene rings is 1. The van der Waals surface area contributed by atoms with Gasteiger partial charge in [-0.2, -0.15) is 5.10 Å². The topological polar surface area (TPSA) is 101 Å². The van der Waals surface area contributed by atoms with Crippen LogP contribution in [0.4, 0.5) is 0 Å². The summed E-state index contributed by atoms with van der Waals surface area (Å²) in [5.74, 6) is -1.59. The highest BCUT2D eigenvalue weighted by Gasteiger charge is 2.47. The second-order valence-electron chi connectivity index (χ2n) is 8.59. The van der Waals surface area contributed by atoms with Crippen LogP contribution in [0, 0.1) is 6.92 Å². The lowest BCUT2D eigenvalue weighted by Gasteiger charge is -2.30. The van der Waals surface area contributed by atoms with Crippen molar-refractivity contribution in [2.24, 2.45) is 0 Å². The molecule has 1 aromatic carbocycles. The molecule has 0 unspecified atom stereocenters. The Kier molecular flexibility index (Phi) is 6.43. The van der Waals surface area contributed by atoms with Crippen LogP contribution in [0.1, 0.15) is 23.0 Å². The van der Waals surface area contributed by atoms with E-state index in [2.05, 4.69) is 15.0 Å². The van der Waals surface area contributed by atoms with Crippen molar-refractivity contribution in [3.63, 3.8) is 0 Å². The highest BCUT2D eigenvalue weighted by molar-refractivity contribution is 6.46. The number of Topliss-reactive ketones (excluding diaryl/α,β-unsaturated/α-hetero) is 1. The highest BCUT2D eigenvalue weighted by atomic mass is 16.5. The second-order valence-corrected chi connectivity index (χ2v) is 8.59. The minimum absolute atomic E-state index is 0.0337. The van der Waals surface area contributed by atoms with Crippen LogP contribution < -0.4 is 0 Å². The van der Waals surface area contributed by atoms with E-state index >= 15 is 0 Å². The Labute approximate surface area is 203 Å². The summed E-state index contributed by atoms with van der Waals surface area (Å²) in [6.45, 7) is 5.60. The van der Waals surface area contributed by atoms with E-state index in [1.54, 1.807) is 23.0 Å². The van der Waals surface area contributed by atoms with Gasteiger partial charge in [0.1, 0.15) is 11.8 Å². The van der Waals surface area contributed by atoms with Crippen molar-refractivity contribution >= 4 is 17.4 Å². The Bertz CT molecular complexity index is 1250. The molecule has 3 aromatic rings. The van der Waals surface area contributed by atoms with Gasteiger partial charge in [0.2, 0.25) is 0 Å². The number of carbonyl (C=O) groups excluding carboxylic acids is 2. The van der Waals surface area contributed by atoms with Crippen LogP contribution in [0.2, 0.25) is 0 Å². The summed E-state index contributed by atoms with van der Waals surface area (Å²) >= 11 is 0. The molecule has 2 aliphatic rings. The Balaban J connectivity index is 1.54. The Morgan fingerprint density at radius 2 is 1.80 bits per heavy atom. The average Bonchev–Trinajstić information content (AvgIpc) is 3.41. The minimum Gasteiger partial charge on any atom is -0.507 e. The number of carbonyl (C=O) groups is 2. The van der Waals surface area contributed by atoms with Crippen LogP contribution in [0.5, 0.6) is 0 Å². The quantitative estimate of drug-likeness (QED) is 0.333. The summed E-state index contributed by atoms with van der Waals surface area (Å²) < 4.78 is 7.10. The molecule has 35 heavy (non-hydrogen) atoms. The Hall–Kier alpha value is -3.82. The monoisotopic (exact) mass is 473 g/mol. The predicted molar refractivity (Wildman–Crippen MR) is 129 cm³/mol. The van der Waals surface area contributed by atoms with Crippen LogP contribution in [0.15, 0.2) is 66.5 Å². The summed E-state index contributed by atoms with van der Waals surface area (Å²) in [4.78, 5) is 34.6. The van der Waals surface area contributed by atoms with Crippen LogP contribution in [0.25, 0.3) is 11.4 Å². The van der Waals surface area contributed by atoms with Gasteiger partial charge in [0.25, 0.3) is 11.7 Å². The molecule has 9 nitrogen and oxygen atoms in total. The van der Waals surface area contributed by atoms with Gasteiger partial charge in [-0.15, -0.1) is 0 Å². The minimum atomic E-state index is -0.781. The fourth-order valence-corrected chi connectivity index (χ4v) is 4.65. The van der Waals surface area contributed by atoms with Gasteiger partial charge in [0, 0.05) is 32.4 Å². The van der Waals surface area contributed by atoms with Gasteiger partial charge in [-0.1, -0.05) is 24.3 Å². The molecular weight excluding hydrogens is 446 g/mol. The molecule has 0 radical (unpaired) electrons. The van der Waals surface area contributed by atoms with Gasteiger partial charge in [-0.3, -0.25) is 19.5 Å². The molecular formula is C26H27N5O4. The molecule has 1 amide bonds. The molecule has 0 saturated carbocycles. The lowest BCUT2D eigenvalue weighted by molar-refractivity contribution is -0.140. The van der Waals surface area contributed by atoms with E-state index < -0.39 is 17.7 Å². The molecule has 0 bridgehead atoms. The standard InChI is InChI=1S/C26H27N5O4/c1-18-20(17-28-31(18)19-7-3-2-4-8-19)24(32)22-23(21-9-5-6-10-27-21)30(26(34)25(22)33)12-11-29-13-15-35-16-14-29/h2-10,17,23,32H,11-16H2,1H3/t23-/m0/s1. The SMILES string of the molecule is Cc1c(C(O)=C2C(=O)C(=O)N(CCN3CCOCC3)[C@H]2c2ccccn2)cnn1-c1ccccc1. The van der Waals surface area contributed by atoms with E-state index in [0.717, 1.165) is 18.8 Å². The zero-order valence-corrected chi connectivity index (χ0v) is 19.5. The summed E-state index contributed by atoms with van der Waals surface area (Å²) in [5, 5.41) is 15.8. The number of aromatic nitrogens is 3. The number of rotatable bonds is 6. The summed E-state index contributed by atoms with van der Waals surface area (Å²) in [7, 11) is 0. The first-order valence-electron chi connectivity index (χ1n) is 11.7. The number of para-hydroxylation sites is 1. The Morgan fingerprint density at radius 3 is 2.51 bits per heavy atom. The highest BCUT2D eigenvalue weighted by Crippen LogP contribution is 2.39. The van der Waals surface area contributed by atoms with Gasteiger partial charge >= 0.3 is 0 Å². The molecule has 0 aliphatic carbocycles. The number of nitrogens with zero attached hydrogens (tertiary/aromatic N) is 5. The third-order valence-electron chi connectivity index (χ3n) is 6.53. The normalized spacial score (nSPS) is 20.5.